The van der Waals surface area contributed by atoms with Crippen LogP contribution in [-0.2, 0) is 22.4 Å². The standard InChI is InChI=1S/C23H28N2O3S/c1-23(2,3)14-8-9-15-16(11-29-17(15)10-14)20(26)24-25-21(27)18-12-4-5-13(7-6-12)19(18)22(25)28/h4-5,11-14,18-19H,6-10H2,1-3H3,(H,24,26)/t12-,13-,14+,18+,19+/m1/s1. The Balaban J connectivity index is 1.34. The molecule has 1 aliphatic heterocycles. The predicted octanol–water partition coefficient (Wildman–Crippen LogP) is 3.74. The molecule has 6 heteroatoms. The zero-order chi connectivity index (χ0) is 20.5. The van der Waals surface area contributed by atoms with Crippen LogP contribution in [0, 0.1) is 35.0 Å². The normalized spacial score (nSPS) is 33.1. The number of carbonyl (C=O) groups is 3. The monoisotopic (exact) mass is 412 g/mol. The molecular weight excluding hydrogens is 384 g/mol. The minimum atomic E-state index is -0.322. The quantitative estimate of drug-likeness (QED) is 0.594. The first-order chi connectivity index (χ1) is 13.8. The highest BCUT2D eigenvalue weighted by Crippen LogP contribution is 2.49. The molecule has 5 nitrogen and oxygen atoms in total. The molecule has 154 valence electrons. The van der Waals surface area contributed by atoms with E-state index < -0.39 is 0 Å². The van der Waals surface area contributed by atoms with Gasteiger partial charge < -0.3 is 0 Å². The summed E-state index contributed by atoms with van der Waals surface area (Å²) in [5, 5.41) is 2.93. The average Bonchev–Trinajstić information content (AvgIpc) is 3.24. The van der Waals surface area contributed by atoms with Gasteiger partial charge in [0.15, 0.2) is 0 Å². The van der Waals surface area contributed by atoms with E-state index in [1.165, 1.54) is 4.88 Å². The smallest absolute Gasteiger partial charge is 0.271 e. The van der Waals surface area contributed by atoms with Gasteiger partial charge in [-0.3, -0.25) is 19.8 Å². The number of rotatable bonds is 2. The van der Waals surface area contributed by atoms with Gasteiger partial charge in [-0.2, -0.15) is 5.01 Å². The number of nitrogens with zero attached hydrogens (tertiary/aromatic N) is 1. The highest BCUT2D eigenvalue weighted by Gasteiger charge is 2.57. The fraction of sp³-hybridized carbons (Fsp3) is 0.609. The Labute approximate surface area is 175 Å². The summed E-state index contributed by atoms with van der Waals surface area (Å²) in [7, 11) is 0. The van der Waals surface area contributed by atoms with E-state index in [1.807, 2.05) is 5.38 Å². The lowest BCUT2D eigenvalue weighted by atomic mass is 9.63. The lowest BCUT2D eigenvalue weighted by Gasteiger charge is -2.37. The number of nitrogens with one attached hydrogen (secondary N) is 1. The van der Waals surface area contributed by atoms with Gasteiger partial charge in [0, 0.05) is 10.3 Å². The zero-order valence-electron chi connectivity index (χ0n) is 17.2. The third kappa shape index (κ3) is 2.90. The molecule has 1 saturated carbocycles. The maximum atomic E-state index is 13.0. The van der Waals surface area contributed by atoms with Crippen molar-refractivity contribution in [2.45, 2.75) is 52.9 Å². The van der Waals surface area contributed by atoms with Crippen LogP contribution in [0.4, 0.5) is 0 Å². The lowest BCUT2D eigenvalue weighted by Crippen LogP contribution is -2.47. The van der Waals surface area contributed by atoms with Crippen molar-refractivity contribution in [3.8, 4) is 0 Å². The number of fused-ring (bicyclic) bond motifs is 2. The summed E-state index contributed by atoms with van der Waals surface area (Å²) in [5.41, 5.74) is 4.66. The second-order valence-electron chi connectivity index (χ2n) is 10.2. The molecule has 1 aromatic heterocycles. The van der Waals surface area contributed by atoms with E-state index in [9.17, 15) is 14.4 Å². The van der Waals surface area contributed by atoms with Crippen LogP contribution in [0.2, 0.25) is 0 Å². The number of imide groups is 1. The molecule has 1 N–H and O–H groups in total. The first kappa shape index (κ1) is 19.0. The highest BCUT2D eigenvalue weighted by molar-refractivity contribution is 7.10. The Bertz CT molecular complexity index is 893. The maximum absolute atomic E-state index is 13.0. The van der Waals surface area contributed by atoms with E-state index in [4.69, 9.17) is 0 Å². The number of amides is 3. The van der Waals surface area contributed by atoms with Gasteiger partial charge >= 0.3 is 0 Å². The minimum absolute atomic E-state index is 0.131. The molecule has 0 aromatic carbocycles. The van der Waals surface area contributed by atoms with Crippen LogP contribution in [0.3, 0.4) is 0 Å². The minimum Gasteiger partial charge on any atom is -0.272 e. The predicted molar refractivity (Wildman–Crippen MR) is 111 cm³/mol. The van der Waals surface area contributed by atoms with E-state index in [0.29, 0.717) is 11.5 Å². The number of thiophene rings is 1. The molecule has 2 fully saturated rings. The SMILES string of the molecule is CC(C)(C)[C@H]1CCc2c(C(=O)NN3C(=O)[C@@H]4[C@@H](C3=O)[C@@H]3C=C[C@@H]4CC3)csc2C1. The van der Waals surface area contributed by atoms with Crippen LogP contribution in [0.15, 0.2) is 17.5 Å². The number of hydrogen-bond acceptors (Lipinski definition) is 4. The van der Waals surface area contributed by atoms with E-state index in [0.717, 1.165) is 42.7 Å². The molecule has 5 atom stereocenters. The number of carbonyl (C=O) groups excluding carboxylic acids is 3. The number of allylic oxidation sites excluding steroid dienone is 2. The van der Waals surface area contributed by atoms with Crippen molar-refractivity contribution in [1.82, 2.24) is 10.4 Å². The van der Waals surface area contributed by atoms with E-state index >= 15 is 0 Å². The molecular formula is C23H28N2O3S. The third-order valence-electron chi connectivity index (χ3n) is 7.60. The Morgan fingerprint density at radius 3 is 2.24 bits per heavy atom. The Morgan fingerprint density at radius 1 is 1.07 bits per heavy atom. The molecule has 1 aromatic rings. The summed E-state index contributed by atoms with van der Waals surface area (Å²) in [4.78, 5) is 40.2. The van der Waals surface area contributed by atoms with E-state index in [-0.39, 0.29) is 46.8 Å². The van der Waals surface area contributed by atoms with Gasteiger partial charge in [-0.1, -0.05) is 32.9 Å². The Hall–Kier alpha value is -1.95. The second-order valence-corrected chi connectivity index (χ2v) is 11.1. The van der Waals surface area contributed by atoms with Gasteiger partial charge in [-0.05, 0) is 60.8 Å². The molecule has 2 bridgehead atoms. The number of hydrazine groups is 1. The Morgan fingerprint density at radius 2 is 1.69 bits per heavy atom. The maximum Gasteiger partial charge on any atom is 0.271 e. The van der Waals surface area contributed by atoms with E-state index in [2.05, 4.69) is 38.3 Å². The van der Waals surface area contributed by atoms with Gasteiger partial charge in [0.05, 0.1) is 17.4 Å². The molecule has 6 rings (SSSR count). The van der Waals surface area contributed by atoms with Crippen molar-refractivity contribution in [3.05, 3.63) is 33.5 Å². The van der Waals surface area contributed by atoms with Crippen molar-refractivity contribution < 1.29 is 14.4 Å². The van der Waals surface area contributed by atoms with Gasteiger partial charge in [0.1, 0.15) is 0 Å². The zero-order valence-corrected chi connectivity index (χ0v) is 18.1. The highest BCUT2D eigenvalue weighted by atomic mass is 32.1. The summed E-state index contributed by atoms with van der Waals surface area (Å²) >= 11 is 1.63. The molecule has 5 aliphatic rings. The third-order valence-corrected chi connectivity index (χ3v) is 8.65. The van der Waals surface area contributed by atoms with Gasteiger partial charge in [0.25, 0.3) is 17.7 Å². The second kappa shape index (κ2) is 6.53. The summed E-state index contributed by atoms with van der Waals surface area (Å²) in [6.07, 6.45) is 9.03. The Kier molecular flexibility index (Phi) is 4.28. The summed E-state index contributed by atoms with van der Waals surface area (Å²) < 4.78 is 0. The van der Waals surface area contributed by atoms with Crippen molar-refractivity contribution >= 4 is 29.1 Å². The lowest BCUT2D eigenvalue weighted by molar-refractivity contribution is -0.143. The molecule has 2 heterocycles. The molecule has 0 spiro atoms. The molecule has 1 saturated heterocycles. The molecule has 0 radical (unpaired) electrons. The molecule has 3 amide bonds. The summed E-state index contributed by atoms with van der Waals surface area (Å²) in [6, 6.07) is 0. The largest absolute Gasteiger partial charge is 0.272 e. The van der Waals surface area contributed by atoms with Crippen molar-refractivity contribution in [2.75, 3.05) is 0 Å². The van der Waals surface area contributed by atoms with Gasteiger partial charge in [-0.15, -0.1) is 11.3 Å². The molecule has 29 heavy (non-hydrogen) atoms. The average molecular weight is 413 g/mol. The topological polar surface area (TPSA) is 66.5 Å². The first-order valence-corrected chi connectivity index (χ1v) is 11.6. The first-order valence-electron chi connectivity index (χ1n) is 10.7. The summed E-state index contributed by atoms with van der Waals surface area (Å²) in [5.74, 6) is -0.507. The van der Waals surface area contributed by atoms with Crippen LogP contribution in [0.5, 0.6) is 0 Å². The van der Waals surface area contributed by atoms with Crippen LogP contribution in [-0.4, -0.2) is 22.7 Å². The molecule has 4 aliphatic carbocycles. The van der Waals surface area contributed by atoms with Crippen molar-refractivity contribution in [1.29, 1.82) is 0 Å². The fourth-order valence-electron chi connectivity index (χ4n) is 5.79. The van der Waals surface area contributed by atoms with Crippen LogP contribution in [0.25, 0.3) is 0 Å². The van der Waals surface area contributed by atoms with Crippen molar-refractivity contribution in [2.24, 2.45) is 35.0 Å². The van der Waals surface area contributed by atoms with Crippen LogP contribution in [0.1, 0.15) is 60.8 Å². The fourth-order valence-corrected chi connectivity index (χ4v) is 6.95. The van der Waals surface area contributed by atoms with Crippen LogP contribution < -0.4 is 5.43 Å². The van der Waals surface area contributed by atoms with Crippen LogP contribution >= 0.6 is 11.3 Å². The molecule has 0 unspecified atom stereocenters. The van der Waals surface area contributed by atoms with Gasteiger partial charge in [0.2, 0.25) is 0 Å². The van der Waals surface area contributed by atoms with Crippen molar-refractivity contribution in [3.63, 3.8) is 0 Å². The van der Waals surface area contributed by atoms with E-state index in [1.54, 1.807) is 11.3 Å². The summed E-state index contributed by atoms with van der Waals surface area (Å²) in [6.45, 7) is 6.82. The number of hydrogen-bond donors (Lipinski definition) is 1. The van der Waals surface area contributed by atoms with Gasteiger partial charge in [-0.25, -0.2) is 0 Å².